The van der Waals surface area contributed by atoms with Crippen LogP contribution in [0.1, 0.15) is 20.7 Å². The largest absolute Gasteiger partial charge is 0.356 e. The monoisotopic (exact) mass is 321 g/mol. The molecule has 120 valence electrons. The highest BCUT2D eigenvalue weighted by Crippen LogP contribution is 2.21. The molecule has 0 radical (unpaired) electrons. The maximum atomic E-state index is 12.1. The van der Waals surface area contributed by atoms with Gasteiger partial charge < -0.3 is 9.47 Å². The number of rotatable bonds is 8. The minimum absolute atomic E-state index is 0.202. The number of amides is 2. The third-order valence-electron chi connectivity index (χ3n) is 3.50. The quantitative estimate of drug-likeness (QED) is 0.320. The number of hydrogen-bond acceptors (Lipinski definition) is 4. The molecule has 1 aliphatic rings. The number of fused-ring (bicyclic) bond motifs is 1. The Bertz CT molecular complexity index is 518. The van der Waals surface area contributed by atoms with E-state index in [1.54, 1.807) is 24.3 Å². The van der Waals surface area contributed by atoms with Crippen molar-refractivity contribution in [3.05, 3.63) is 35.4 Å². The van der Waals surface area contributed by atoms with Crippen molar-refractivity contribution in [2.24, 2.45) is 0 Å². The molecule has 5 nitrogen and oxygen atoms in total. The Labute approximate surface area is 132 Å². The Hall–Kier alpha value is -1.50. The van der Waals surface area contributed by atoms with Crippen molar-refractivity contribution in [3.8, 4) is 0 Å². The Morgan fingerprint density at radius 1 is 0.955 bits per heavy atom. The lowest BCUT2D eigenvalue weighted by Gasteiger charge is -2.16. The molecule has 1 aromatic carbocycles. The number of benzene rings is 1. The third-order valence-corrected chi connectivity index (χ3v) is 5.20. The van der Waals surface area contributed by atoms with Crippen LogP contribution in [0, 0.1) is 0 Å². The lowest BCUT2D eigenvalue weighted by Crippen LogP contribution is -2.33. The van der Waals surface area contributed by atoms with E-state index < -0.39 is 8.07 Å². The van der Waals surface area contributed by atoms with Crippen LogP contribution in [0.4, 0.5) is 0 Å². The van der Waals surface area contributed by atoms with Crippen molar-refractivity contribution in [1.29, 1.82) is 0 Å². The predicted octanol–water partition coefficient (Wildman–Crippen LogP) is 2.61. The van der Waals surface area contributed by atoms with E-state index in [0.29, 0.717) is 24.3 Å². The molecule has 0 saturated carbocycles. The third kappa shape index (κ3) is 4.25. The van der Waals surface area contributed by atoms with Gasteiger partial charge in [0.25, 0.3) is 11.8 Å². The zero-order valence-corrected chi connectivity index (χ0v) is 14.4. The molecule has 2 amide bonds. The van der Waals surface area contributed by atoms with Crippen molar-refractivity contribution in [2.45, 2.75) is 25.7 Å². The summed E-state index contributed by atoms with van der Waals surface area (Å²) in [7, 11) is -1.08. The molecule has 0 fully saturated rings. The summed E-state index contributed by atoms with van der Waals surface area (Å²) < 4.78 is 10.8. The summed E-state index contributed by atoms with van der Waals surface area (Å²) in [5.41, 5.74) is 0.942. The Balaban J connectivity index is 1.69. The van der Waals surface area contributed by atoms with E-state index >= 15 is 0 Å². The van der Waals surface area contributed by atoms with Gasteiger partial charge in [0, 0.05) is 14.7 Å². The number of carbonyl (C=O) groups excluding carboxylic acids is 2. The van der Waals surface area contributed by atoms with E-state index in [-0.39, 0.29) is 25.2 Å². The molecule has 0 aromatic heterocycles. The smallest absolute Gasteiger partial charge is 0.261 e. The molecule has 1 aromatic rings. The zero-order chi connectivity index (χ0) is 16.2. The van der Waals surface area contributed by atoms with Crippen molar-refractivity contribution < 1.29 is 19.1 Å². The van der Waals surface area contributed by atoms with Crippen LogP contribution < -0.4 is 0 Å². The highest BCUT2D eigenvalue weighted by molar-refractivity contribution is 6.76. The van der Waals surface area contributed by atoms with Crippen molar-refractivity contribution in [2.75, 3.05) is 26.6 Å². The summed E-state index contributed by atoms with van der Waals surface area (Å²) in [6.45, 7) is 8.32. The summed E-state index contributed by atoms with van der Waals surface area (Å²) in [6, 6.07) is 7.97. The minimum atomic E-state index is -1.08. The first-order valence-corrected chi connectivity index (χ1v) is 11.2. The fourth-order valence-electron chi connectivity index (χ4n) is 2.15. The zero-order valence-electron chi connectivity index (χ0n) is 13.4. The van der Waals surface area contributed by atoms with Gasteiger partial charge in [-0.1, -0.05) is 31.8 Å². The first kappa shape index (κ1) is 16.9. The van der Waals surface area contributed by atoms with Gasteiger partial charge in [-0.3, -0.25) is 14.5 Å². The van der Waals surface area contributed by atoms with Gasteiger partial charge >= 0.3 is 0 Å². The minimum Gasteiger partial charge on any atom is -0.356 e. The topological polar surface area (TPSA) is 55.8 Å². The second kappa shape index (κ2) is 7.17. The predicted molar refractivity (Wildman–Crippen MR) is 86.7 cm³/mol. The Morgan fingerprint density at radius 3 is 2.05 bits per heavy atom. The Kier molecular flexibility index (Phi) is 5.50. The van der Waals surface area contributed by atoms with Crippen LogP contribution in [0.25, 0.3) is 0 Å². The molecule has 22 heavy (non-hydrogen) atoms. The van der Waals surface area contributed by atoms with Gasteiger partial charge in [0.05, 0.1) is 24.3 Å². The first-order chi connectivity index (χ1) is 10.4. The van der Waals surface area contributed by atoms with Crippen LogP contribution >= 0.6 is 0 Å². The van der Waals surface area contributed by atoms with Gasteiger partial charge in [0.2, 0.25) is 0 Å². The van der Waals surface area contributed by atoms with Gasteiger partial charge in [-0.25, -0.2) is 0 Å². The van der Waals surface area contributed by atoms with Gasteiger partial charge in [-0.15, -0.1) is 0 Å². The first-order valence-electron chi connectivity index (χ1n) is 7.51. The molecule has 6 heteroatoms. The summed E-state index contributed by atoms with van der Waals surface area (Å²) in [4.78, 5) is 25.4. The van der Waals surface area contributed by atoms with Crippen LogP contribution in [-0.4, -0.2) is 51.3 Å². The van der Waals surface area contributed by atoms with E-state index in [2.05, 4.69) is 19.6 Å². The van der Waals surface area contributed by atoms with E-state index in [1.807, 2.05) is 0 Å². The molecule has 0 bridgehead atoms. The highest BCUT2D eigenvalue weighted by atomic mass is 28.3. The van der Waals surface area contributed by atoms with Crippen molar-refractivity contribution in [1.82, 2.24) is 4.90 Å². The van der Waals surface area contributed by atoms with Gasteiger partial charge in [0.15, 0.2) is 0 Å². The number of carbonyl (C=O) groups is 2. The fraction of sp³-hybridized carbons (Fsp3) is 0.500. The van der Waals surface area contributed by atoms with Gasteiger partial charge in [-0.05, 0) is 18.2 Å². The summed E-state index contributed by atoms with van der Waals surface area (Å²) in [5.74, 6) is -0.493. The van der Waals surface area contributed by atoms with E-state index in [1.165, 1.54) is 4.90 Å². The lowest BCUT2D eigenvalue weighted by molar-refractivity contribution is -0.0518. The van der Waals surface area contributed by atoms with E-state index in [4.69, 9.17) is 9.47 Å². The second-order valence-electron chi connectivity index (χ2n) is 6.55. The average Bonchev–Trinajstić information content (AvgIpc) is 2.70. The van der Waals surface area contributed by atoms with E-state index in [9.17, 15) is 9.59 Å². The number of imide groups is 1. The molecule has 0 N–H and O–H groups in total. The van der Waals surface area contributed by atoms with E-state index in [0.717, 1.165) is 6.04 Å². The molecule has 0 spiro atoms. The molecular formula is C16H23NO4Si. The number of ether oxygens (including phenoxy) is 2. The van der Waals surface area contributed by atoms with Crippen LogP contribution in [0.2, 0.25) is 25.7 Å². The molecule has 0 aliphatic carbocycles. The van der Waals surface area contributed by atoms with Crippen LogP contribution in [0.3, 0.4) is 0 Å². The maximum absolute atomic E-state index is 12.1. The van der Waals surface area contributed by atoms with Gasteiger partial charge in [-0.2, -0.15) is 0 Å². The molecule has 0 atom stereocenters. The number of nitrogens with zero attached hydrogens (tertiary/aromatic N) is 1. The summed E-state index contributed by atoms with van der Waals surface area (Å²) >= 11 is 0. The maximum Gasteiger partial charge on any atom is 0.261 e. The standard InChI is InChI=1S/C16H23NO4Si/c1-22(2,3)11-10-21-12-20-9-8-17-15(18)13-6-4-5-7-14(13)16(17)19/h4-7H,8-12H2,1-3H3. The summed E-state index contributed by atoms with van der Waals surface area (Å²) in [6.07, 6.45) is 0. The summed E-state index contributed by atoms with van der Waals surface area (Å²) in [5, 5.41) is 0. The number of hydrogen-bond donors (Lipinski definition) is 0. The molecular weight excluding hydrogens is 298 g/mol. The SMILES string of the molecule is C[Si](C)(C)CCOCOCCN1C(=O)c2ccccc2C1=O. The fourth-order valence-corrected chi connectivity index (χ4v) is 2.91. The second-order valence-corrected chi connectivity index (χ2v) is 12.2. The van der Waals surface area contributed by atoms with Crippen LogP contribution in [0.5, 0.6) is 0 Å². The normalized spacial score (nSPS) is 14.6. The average molecular weight is 321 g/mol. The molecule has 0 saturated heterocycles. The molecule has 2 rings (SSSR count). The molecule has 0 unspecified atom stereocenters. The van der Waals surface area contributed by atoms with Crippen molar-refractivity contribution >= 4 is 19.9 Å². The van der Waals surface area contributed by atoms with Gasteiger partial charge in [0.1, 0.15) is 6.79 Å². The lowest BCUT2D eigenvalue weighted by atomic mass is 10.1. The Morgan fingerprint density at radius 2 is 1.50 bits per heavy atom. The van der Waals surface area contributed by atoms with Crippen LogP contribution in [0.15, 0.2) is 24.3 Å². The molecule has 1 aliphatic heterocycles. The van der Waals surface area contributed by atoms with Crippen molar-refractivity contribution in [3.63, 3.8) is 0 Å². The van der Waals surface area contributed by atoms with Crippen LogP contribution in [-0.2, 0) is 9.47 Å². The highest BCUT2D eigenvalue weighted by Gasteiger charge is 2.34. The molecule has 1 heterocycles.